The first-order valence-electron chi connectivity index (χ1n) is 10.4. The van der Waals surface area contributed by atoms with Gasteiger partial charge >= 0.3 is 0 Å². The molecule has 6 nitrogen and oxygen atoms in total. The number of carbonyl (C=O) groups excluding carboxylic acids is 1. The Balaban J connectivity index is 1.54. The number of aryl methyl sites for hydroxylation is 2. The van der Waals surface area contributed by atoms with Gasteiger partial charge in [0.1, 0.15) is 0 Å². The van der Waals surface area contributed by atoms with Crippen LogP contribution in [0, 0.1) is 6.92 Å². The first kappa shape index (κ1) is 19.4. The number of amides is 1. The number of aromatic nitrogens is 3. The van der Waals surface area contributed by atoms with Gasteiger partial charge in [0.15, 0.2) is 5.65 Å². The summed E-state index contributed by atoms with van der Waals surface area (Å²) < 4.78 is 1.75. The van der Waals surface area contributed by atoms with Crippen LogP contribution in [0.5, 0.6) is 0 Å². The maximum absolute atomic E-state index is 13.1. The fraction of sp³-hybridized carbons (Fsp3) is 0.435. The lowest BCUT2D eigenvalue weighted by atomic mass is 10.0. The molecule has 1 amide bonds. The van der Waals surface area contributed by atoms with Crippen LogP contribution in [-0.4, -0.2) is 33.8 Å². The number of hydrogen-bond acceptors (Lipinski definition) is 4. The normalized spacial score (nSPS) is 14.2. The van der Waals surface area contributed by atoms with Crippen LogP contribution in [0.15, 0.2) is 30.3 Å². The Hall–Kier alpha value is -2.89. The molecule has 29 heavy (non-hydrogen) atoms. The molecule has 152 valence electrons. The van der Waals surface area contributed by atoms with Crippen molar-refractivity contribution in [1.29, 1.82) is 0 Å². The van der Waals surface area contributed by atoms with Crippen LogP contribution in [0.3, 0.4) is 0 Å². The number of benzene rings is 1. The van der Waals surface area contributed by atoms with Crippen LogP contribution in [0.1, 0.15) is 59.9 Å². The molecule has 0 radical (unpaired) electrons. The zero-order valence-corrected chi connectivity index (χ0v) is 17.7. The van der Waals surface area contributed by atoms with Gasteiger partial charge in [0.05, 0.1) is 16.6 Å². The first-order chi connectivity index (χ1) is 13.9. The summed E-state index contributed by atoms with van der Waals surface area (Å²) >= 11 is 0. The zero-order chi connectivity index (χ0) is 20.5. The monoisotopic (exact) mass is 391 g/mol. The van der Waals surface area contributed by atoms with Crippen LogP contribution in [0.25, 0.3) is 11.0 Å². The minimum absolute atomic E-state index is 0.0842. The molecule has 1 aliphatic heterocycles. The standard InChI is InChI=1S/C23H29N5O/c1-15(2)20-13-19(21-16(3)26-27(4)22(21)25-20)23(29)24-14-17-7-9-18(10-8-17)28-11-5-6-12-28/h7-10,13,15H,5-6,11-12,14H2,1-4H3,(H,24,29). The summed E-state index contributed by atoms with van der Waals surface area (Å²) in [7, 11) is 1.87. The third-order valence-corrected chi connectivity index (χ3v) is 5.69. The minimum atomic E-state index is -0.0842. The molecule has 2 aromatic heterocycles. The molecule has 0 spiro atoms. The molecule has 1 fully saturated rings. The molecule has 1 saturated heterocycles. The SMILES string of the molecule is Cc1nn(C)c2nc(C(C)C)cc(C(=O)NCc3ccc(N4CCCC4)cc3)c12. The van der Waals surface area contributed by atoms with Gasteiger partial charge in [0, 0.05) is 38.1 Å². The van der Waals surface area contributed by atoms with Gasteiger partial charge in [-0.25, -0.2) is 4.98 Å². The highest BCUT2D eigenvalue weighted by Crippen LogP contribution is 2.25. The molecule has 1 N–H and O–H groups in total. The van der Waals surface area contributed by atoms with E-state index >= 15 is 0 Å². The lowest BCUT2D eigenvalue weighted by Crippen LogP contribution is -2.24. The predicted molar refractivity (Wildman–Crippen MR) is 116 cm³/mol. The third kappa shape index (κ3) is 3.84. The zero-order valence-electron chi connectivity index (χ0n) is 17.7. The van der Waals surface area contributed by atoms with Crippen LogP contribution >= 0.6 is 0 Å². The molecule has 0 atom stereocenters. The van der Waals surface area contributed by atoms with Crippen molar-refractivity contribution in [3.05, 3.63) is 52.8 Å². The Morgan fingerprint density at radius 2 is 1.86 bits per heavy atom. The van der Waals surface area contributed by atoms with Gasteiger partial charge in [-0.1, -0.05) is 26.0 Å². The maximum Gasteiger partial charge on any atom is 0.252 e. The van der Waals surface area contributed by atoms with Gasteiger partial charge in [-0.2, -0.15) is 5.10 Å². The fourth-order valence-corrected chi connectivity index (χ4v) is 4.02. The number of nitrogens with one attached hydrogen (secondary N) is 1. The van der Waals surface area contributed by atoms with Gasteiger partial charge in [-0.15, -0.1) is 0 Å². The molecule has 3 heterocycles. The number of nitrogens with zero attached hydrogens (tertiary/aromatic N) is 4. The van der Waals surface area contributed by atoms with Gasteiger partial charge in [0.2, 0.25) is 0 Å². The van der Waals surface area contributed by atoms with Gasteiger partial charge in [0.25, 0.3) is 5.91 Å². The van der Waals surface area contributed by atoms with E-state index in [4.69, 9.17) is 4.98 Å². The Bertz CT molecular complexity index is 1030. The van der Waals surface area contributed by atoms with Crippen molar-refractivity contribution in [2.75, 3.05) is 18.0 Å². The summed E-state index contributed by atoms with van der Waals surface area (Å²) in [4.78, 5) is 20.2. The lowest BCUT2D eigenvalue weighted by Gasteiger charge is -2.17. The second-order valence-electron chi connectivity index (χ2n) is 8.20. The molecule has 1 aliphatic rings. The Morgan fingerprint density at radius 3 is 2.52 bits per heavy atom. The van der Waals surface area contributed by atoms with Crippen LogP contribution in [-0.2, 0) is 13.6 Å². The van der Waals surface area contributed by atoms with Crippen LogP contribution in [0.4, 0.5) is 5.69 Å². The lowest BCUT2D eigenvalue weighted by molar-refractivity contribution is 0.0952. The summed E-state index contributed by atoms with van der Waals surface area (Å²) in [6.45, 7) is 8.86. The van der Waals surface area contributed by atoms with Crippen molar-refractivity contribution in [2.45, 2.75) is 46.1 Å². The maximum atomic E-state index is 13.1. The minimum Gasteiger partial charge on any atom is -0.372 e. The smallest absolute Gasteiger partial charge is 0.252 e. The molecule has 1 aromatic carbocycles. The van der Waals surface area contributed by atoms with Crippen molar-refractivity contribution in [1.82, 2.24) is 20.1 Å². The number of fused-ring (bicyclic) bond motifs is 1. The highest BCUT2D eigenvalue weighted by molar-refractivity contribution is 6.06. The summed E-state index contributed by atoms with van der Waals surface area (Å²) in [6, 6.07) is 10.4. The predicted octanol–water partition coefficient (Wildman–Crippen LogP) is 3.93. The van der Waals surface area contributed by atoms with E-state index in [2.05, 4.69) is 53.4 Å². The van der Waals surface area contributed by atoms with E-state index in [1.807, 2.05) is 20.0 Å². The van der Waals surface area contributed by atoms with E-state index in [0.29, 0.717) is 12.1 Å². The van der Waals surface area contributed by atoms with Crippen LogP contribution in [0.2, 0.25) is 0 Å². The van der Waals surface area contributed by atoms with Crippen molar-refractivity contribution in [3.8, 4) is 0 Å². The molecule has 6 heteroatoms. The summed E-state index contributed by atoms with van der Waals surface area (Å²) in [5, 5.41) is 8.38. The molecule has 0 unspecified atom stereocenters. The molecule has 0 aliphatic carbocycles. The molecular formula is C23H29N5O. The fourth-order valence-electron chi connectivity index (χ4n) is 4.02. The van der Waals surface area contributed by atoms with Crippen LogP contribution < -0.4 is 10.2 Å². The molecular weight excluding hydrogens is 362 g/mol. The summed E-state index contributed by atoms with van der Waals surface area (Å²) in [5.41, 5.74) is 5.50. The van der Waals surface area contributed by atoms with E-state index in [-0.39, 0.29) is 11.8 Å². The Kier molecular flexibility index (Phi) is 5.26. The van der Waals surface area contributed by atoms with E-state index in [9.17, 15) is 4.79 Å². The van der Waals surface area contributed by atoms with Crippen molar-refractivity contribution in [3.63, 3.8) is 0 Å². The van der Waals surface area contributed by atoms with E-state index in [1.54, 1.807) is 4.68 Å². The van der Waals surface area contributed by atoms with E-state index in [1.165, 1.54) is 18.5 Å². The van der Waals surface area contributed by atoms with Gasteiger partial charge in [-0.3, -0.25) is 9.48 Å². The van der Waals surface area contributed by atoms with E-state index in [0.717, 1.165) is 41.1 Å². The Morgan fingerprint density at radius 1 is 1.17 bits per heavy atom. The Labute approximate surface area is 171 Å². The number of carbonyl (C=O) groups is 1. The molecule has 0 bridgehead atoms. The third-order valence-electron chi connectivity index (χ3n) is 5.69. The number of pyridine rings is 1. The molecule has 3 aromatic rings. The van der Waals surface area contributed by atoms with Gasteiger partial charge < -0.3 is 10.2 Å². The number of anilines is 1. The largest absolute Gasteiger partial charge is 0.372 e. The summed E-state index contributed by atoms with van der Waals surface area (Å²) in [6.07, 6.45) is 2.54. The van der Waals surface area contributed by atoms with E-state index < -0.39 is 0 Å². The first-order valence-corrected chi connectivity index (χ1v) is 10.4. The number of hydrogen-bond donors (Lipinski definition) is 1. The topological polar surface area (TPSA) is 63.1 Å². The highest BCUT2D eigenvalue weighted by Gasteiger charge is 2.19. The van der Waals surface area contributed by atoms with Gasteiger partial charge in [-0.05, 0) is 49.4 Å². The second-order valence-corrected chi connectivity index (χ2v) is 8.20. The van der Waals surface area contributed by atoms with Crippen molar-refractivity contribution in [2.24, 2.45) is 7.05 Å². The number of rotatable bonds is 5. The highest BCUT2D eigenvalue weighted by atomic mass is 16.1. The average molecular weight is 392 g/mol. The second kappa shape index (κ2) is 7.85. The quantitative estimate of drug-likeness (QED) is 0.716. The van der Waals surface area contributed by atoms with Crippen molar-refractivity contribution < 1.29 is 4.79 Å². The summed E-state index contributed by atoms with van der Waals surface area (Å²) in [5.74, 6) is 0.151. The van der Waals surface area contributed by atoms with Crippen molar-refractivity contribution >= 4 is 22.6 Å². The average Bonchev–Trinajstić information content (AvgIpc) is 3.34. The molecule has 4 rings (SSSR count). The molecule has 0 saturated carbocycles.